The molecule has 8 nitrogen and oxygen atoms in total. The average molecular weight is 712 g/mol. The molecule has 0 saturated carbocycles. The van der Waals surface area contributed by atoms with Gasteiger partial charge in [-0.05, 0) is 50.6 Å². The first-order chi connectivity index (χ1) is 17.2. The number of halogens is 2. The topological polar surface area (TPSA) is 122 Å². The number of nitrogens with zero attached hydrogens (tertiary/aromatic N) is 2. The highest BCUT2D eigenvalue weighted by atomic mass is 79.9. The van der Waals surface area contributed by atoms with Gasteiger partial charge in [0.2, 0.25) is 5.52 Å². The van der Waals surface area contributed by atoms with Crippen LogP contribution < -0.4 is 9.47 Å². The van der Waals surface area contributed by atoms with Gasteiger partial charge >= 0.3 is 0 Å². The van der Waals surface area contributed by atoms with Crippen LogP contribution in [0.15, 0.2) is 55.3 Å². The van der Waals surface area contributed by atoms with Gasteiger partial charge in [0, 0.05) is 38.1 Å². The Labute approximate surface area is 241 Å². The van der Waals surface area contributed by atoms with Crippen LogP contribution in [0.25, 0.3) is 16.3 Å². The van der Waals surface area contributed by atoms with Crippen molar-refractivity contribution in [1.29, 1.82) is 0 Å². The molecule has 200 valence electrons. The largest absolute Gasteiger partial charge is 0.748 e. The monoisotopic (exact) mass is 709 g/mol. The smallest absolute Gasteiger partial charge is 0.265 e. The number of anilines is 1. The third-order valence-corrected chi connectivity index (χ3v) is 11.8. The van der Waals surface area contributed by atoms with E-state index in [2.05, 4.69) is 31.9 Å². The lowest BCUT2D eigenvalue weighted by atomic mass is 10.2. The van der Waals surface area contributed by atoms with E-state index >= 15 is 0 Å². The van der Waals surface area contributed by atoms with E-state index in [4.69, 9.17) is 0 Å². The Kier molecular flexibility index (Phi) is 8.81. The van der Waals surface area contributed by atoms with E-state index in [0.29, 0.717) is 13.1 Å². The normalized spacial score (nSPS) is 16.9. The second kappa shape index (κ2) is 11.2. The van der Waals surface area contributed by atoms with Gasteiger partial charge in [0.25, 0.3) is 5.01 Å². The fourth-order valence-electron chi connectivity index (χ4n) is 3.84. The first-order valence-corrected chi connectivity index (χ1v) is 17.4. The summed E-state index contributed by atoms with van der Waals surface area (Å²) in [5.74, 6) is 0. The number of benzene rings is 2. The average Bonchev–Trinajstić information content (AvgIpc) is 3.31. The lowest BCUT2D eigenvalue weighted by Crippen LogP contribution is -2.37. The Morgan fingerprint density at radius 2 is 1.59 bits per heavy atom. The summed E-state index contributed by atoms with van der Waals surface area (Å²) >= 11 is 10.1. The number of hydrogen-bond donors (Lipinski definition) is 0. The first kappa shape index (κ1) is 29.0. The molecule has 0 spiro atoms. The van der Waals surface area contributed by atoms with E-state index in [1.165, 1.54) is 36.9 Å². The fourth-order valence-corrected chi connectivity index (χ4v) is 7.61. The zero-order valence-corrected chi connectivity index (χ0v) is 26.2. The van der Waals surface area contributed by atoms with Crippen molar-refractivity contribution < 1.29 is 30.5 Å². The van der Waals surface area contributed by atoms with Crippen molar-refractivity contribution in [3.05, 3.63) is 55.4 Å². The predicted octanol–water partition coefficient (Wildman–Crippen LogP) is 5.27. The molecule has 1 aliphatic heterocycles. The Morgan fingerprint density at radius 1 is 0.973 bits per heavy atom. The Bertz CT molecular complexity index is 1590. The second-order valence-electron chi connectivity index (χ2n) is 8.74. The minimum Gasteiger partial charge on any atom is -0.748 e. The molecule has 0 N–H and O–H groups in total. The van der Waals surface area contributed by atoms with Crippen LogP contribution in [-0.2, 0) is 26.8 Å². The number of hydrogen-bond acceptors (Lipinski definition) is 9. The molecule has 0 amide bonds. The second-order valence-corrected chi connectivity index (χ2v) is 16.3. The molecule has 0 bridgehead atoms. The highest BCUT2D eigenvalue weighted by molar-refractivity contribution is 9.10. The first-order valence-electron chi connectivity index (χ1n) is 11.2. The minimum absolute atomic E-state index is 0.161. The van der Waals surface area contributed by atoms with Gasteiger partial charge < -0.3 is 14.0 Å². The maximum Gasteiger partial charge on any atom is 0.265 e. The van der Waals surface area contributed by atoms with E-state index in [1.54, 1.807) is 0 Å². The Morgan fingerprint density at radius 3 is 2.27 bits per heavy atom. The van der Waals surface area contributed by atoms with Gasteiger partial charge in [0.1, 0.15) is 4.70 Å². The lowest BCUT2D eigenvalue weighted by molar-refractivity contribution is -0.669. The quantitative estimate of drug-likeness (QED) is 0.218. The van der Waals surface area contributed by atoms with Crippen molar-refractivity contribution in [2.75, 3.05) is 11.4 Å². The van der Waals surface area contributed by atoms with Crippen LogP contribution in [-0.4, -0.2) is 43.0 Å². The summed E-state index contributed by atoms with van der Waals surface area (Å²) in [6.45, 7) is 3.49. The van der Waals surface area contributed by atoms with Crippen LogP contribution in [0, 0.1) is 0 Å². The van der Waals surface area contributed by atoms with Gasteiger partial charge in [-0.25, -0.2) is 16.8 Å². The molecular formula is C23H23Br2N2O6S4-. The van der Waals surface area contributed by atoms with E-state index < -0.39 is 30.7 Å². The summed E-state index contributed by atoms with van der Waals surface area (Å²) in [7, 11) is -8.81. The molecule has 2 heterocycles. The fraction of sp³-hybridized carbons (Fsp3) is 0.348. The number of thioether (sulfide) groups is 1. The summed E-state index contributed by atoms with van der Waals surface area (Å²) in [5, 5.41) is -0.353. The highest BCUT2D eigenvalue weighted by Crippen LogP contribution is 2.48. The molecule has 4 rings (SSSR count). The SMILES string of the molecule is CC(CCN1/C(=C/c2sc3ccc(Br)cc3[n+]2CCC(C)S(=O)(=O)[O-])Sc2ccc(Br)cc21)S(=O)(=O)[O-]. The van der Waals surface area contributed by atoms with Crippen molar-refractivity contribution in [3.8, 4) is 0 Å². The van der Waals surface area contributed by atoms with Crippen LogP contribution >= 0.6 is 55.0 Å². The molecule has 2 atom stereocenters. The van der Waals surface area contributed by atoms with Crippen molar-refractivity contribution >= 4 is 97.2 Å². The van der Waals surface area contributed by atoms with Gasteiger partial charge in [-0.2, -0.15) is 4.57 Å². The van der Waals surface area contributed by atoms with Crippen LogP contribution in [0.4, 0.5) is 5.69 Å². The van der Waals surface area contributed by atoms with E-state index in [0.717, 1.165) is 39.8 Å². The predicted molar refractivity (Wildman–Crippen MR) is 153 cm³/mol. The van der Waals surface area contributed by atoms with Crippen LogP contribution in [0.3, 0.4) is 0 Å². The zero-order chi connectivity index (χ0) is 27.1. The maximum absolute atomic E-state index is 11.5. The van der Waals surface area contributed by atoms with E-state index in [-0.39, 0.29) is 12.8 Å². The summed E-state index contributed by atoms with van der Waals surface area (Å²) in [5.41, 5.74) is 1.81. The van der Waals surface area contributed by atoms with Gasteiger partial charge in [0.05, 0.1) is 42.3 Å². The summed E-state index contributed by atoms with van der Waals surface area (Å²) in [4.78, 5) is 3.00. The molecule has 37 heavy (non-hydrogen) atoms. The third-order valence-electron chi connectivity index (χ3n) is 6.14. The number of aryl methyl sites for hydroxylation is 1. The molecule has 2 unspecified atom stereocenters. The molecule has 0 aliphatic carbocycles. The standard InChI is InChI=1S/C23H24Br2N2O6S4/c1-14(36(28,29)30)7-9-26-18-11-16(24)3-5-20(18)34-22(26)13-23-27(10-8-15(2)37(31,32)33)19-12-17(25)4-6-21(19)35-23/h3-6,11-15H,7-10H2,1-2H3,(H-,28,29,30,31,32,33)/p-1. The molecular weight excluding hydrogens is 688 g/mol. The molecule has 1 aliphatic rings. The third kappa shape index (κ3) is 6.78. The molecule has 1 aromatic heterocycles. The van der Waals surface area contributed by atoms with Crippen molar-refractivity contribution in [2.45, 2.75) is 48.6 Å². The summed E-state index contributed by atoms with van der Waals surface area (Å²) in [6, 6.07) is 11.7. The van der Waals surface area contributed by atoms with Crippen molar-refractivity contribution in [2.24, 2.45) is 0 Å². The van der Waals surface area contributed by atoms with Gasteiger partial charge in [-0.3, -0.25) is 0 Å². The van der Waals surface area contributed by atoms with E-state index in [1.807, 2.05) is 51.9 Å². The van der Waals surface area contributed by atoms with Crippen molar-refractivity contribution in [1.82, 2.24) is 0 Å². The molecule has 14 heteroatoms. The molecule has 0 saturated heterocycles. The number of fused-ring (bicyclic) bond motifs is 2. The Balaban J connectivity index is 1.76. The molecule has 0 radical (unpaired) electrons. The maximum atomic E-state index is 11.5. The number of rotatable bonds is 9. The summed E-state index contributed by atoms with van der Waals surface area (Å²) in [6.07, 6.45) is 2.31. The Hall–Kier alpha value is -1.00. The van der Waals surface area contributed by atoms with Gasteiger partial charge in [-0.1, -0.05) is 55.0 Å². The number of aromatic nitrogens is 1. The molecule has 2 aromatic carbocycles. The van der Waals surface area contributed by atoms with E-state index in [9.17, 15) is 25.9 Å². The summed E-state index contributed by atoms with van der Waals surface area (Å²) < 4.78 is 73.8. The zero-order valence-electron chi connectivity index (χ0n) is 19.8. The molecule has 0 fully saturated rings. The van der Waals surface area contributed by atoms with Gasteiger partial charge in [0.15, 0.2) is 6.54 Å². The van der Waals surface area contributed by atoms with Crippen LogP contribution in [0.5, 0.6) is 0 Å². The van der Waals surface area contributed by atoms with Crippen LogP contribution in [0.1, 0.15) is 31.7 Å². The van der Waals surface area contributed by atoms with Crippen molar-refractivity contribution in [3.63, 3.8) is 0 Å². The molecule has 3 aromatic rings. The highest BCUT2D eigenvalue weighted by Gasteiger charge is 2.29. The van der Waals surface area contributed by atoms with Gasteiger partial charge in [-0.15, -0.1) is 0 Å². The minimum atomic E-state index is -4.41. The van der Waals surface area contributed by atoms with Crippen LogP contribution in [0.2, 0.25) is 0 Å². The number of thiazole rings is 1. The lowest BCUT2D eigenvalue weighted by Gasteiger charge is -2.23.